The summed E-state index contributed by atoms with van der Waals surface area (Å²) in [5, 5.41) is 8.40. The molecule has 0 aliphatic rings. The van der Waals surface area contributed by atoms with Gasteiger partial charge in [0.15, 0.2) is 0 Å². The number of benzene rings is 1. The number of aliphatic carboxylic acids is 1. The van der Waals surface area contributed by atoms with E-state index in [-0.39, 0.29) is 23.7 Å². The fourth-order valence-electron chi connectivity index (χ4n) is 1.16. The Balaban J connectivity index is 2.81. The number of nitrogens with one attached hydrogen (secondary N) is 1. The lowest BCUT2D eigenvalue weighted by atomic mass is 10.3. The van der Waals surface area contributed by atoms with Gasteiger partial charge in [0.25, 0.3) is 0 Å². The van der Waals surface area contributed by atoms with Crippen molar-refractivity contribution in [2.24, 2.45) is 0 Å². The van der Waals surface area contributed by atoms with Crippen molar-refractivity contribution < 1.29 is 22.7 Å². The highest BCUT2D eigenvalue weighted by atomic mass is 35.5. The Hall–Kier alpha value is -1.38. The standard InChI is InChI=1S/C10H12ClFN2O4S/c1-14(5-4-10(15)16)19(17,18)13-9-3-2-7(12)6-8(9)11/h2-3,6,13H,4-5H2,1H3,(H,15,16). The summed E-state index contributed by atoms with van der Waals surface area (Å²) in [6, 6.07) is 3.21. The van der Waals surface area contributed by atoms with Crippen molar-refractivity contribution in [3.05, 3.63) is 29.0 Å². The van der Waals surface area contributed by atoms with Crippen molar-refractivity contribution in [1.29, 1.82) is 0 Å². The molecule has 106 valence electrons. The van der Waals surface area contributed by atoms with Crippen LogP contribution in [0.15, 0.2) is 18.2 Å². The number of rotatable bonds is 6. The minimum Gasteiger partial charge on any atom is -0.481 e. The van der Waals surface area contributed by atoms with Gasteiger partial charge in [-0.1, -0.05) is 11.6 Å². The predicted molar refractivity (Wildman–Crippen MR) is 68.8 cm³/mol. The van der Waals surface area contributed by atoms with Gasteiger partial charge in [-0.3, -0.25) is 9.52 Å². The van der Waals surface area contributed by atoms with Gasteiger partial charge in [0.2, 0.25) is 0 Å². The predicted octanol–water partition coefficient (Wildman–Crippen LogP) is 1.54. The number of nitrogens with zero attached hydrogens (tertiary/aromatic N) is 1. The third-order valence-corrected chi connectivity index (χ3v) is 4.01. The van der Waals surface area contributed by atoms with Crippen LogP contribution in [-0.2, 0) is 15.0 Å². The third-order valence-electron chi connectivity index (χ3n) is 2.22. The molecule has 0 aliphatic heterocycles. The van der Waals surface area contributed by atoms with Crippen LogP contribution in [0.25, 0.3) is 0 Å². The smallest absolute Gasteiger partial charge is 0.304 e. The second-order valence-electron chi connectivity index (χ2n) is 3.70. The van der Waals surface area contributed by atoms with Crippen molar-refractivity contribution in [1.82, 2.24) is 4.31 Å². The molecule has 0 bridgehead atoms. The maximum absolute atomic E-state index is 12.8. The molecule has 19 heavy (non-hydrogen) atoms. The number of carboxylic acids is 1. The SMILES string of the molecule is CN(CCC(=O)O)S(=O)(=O)Nc1ccc(F)cc1Cl. The molecule has 0 saturated heterocycles. The quantitative estimate of drug-likeness (QED) is 0.834. The largest absolute Gasteiger partial charge is 0.481 e. The Kier molecular flexibility index (Phi) is 5.10. The molecule has 2 N–H and O–H groups in total. The highest BCUT2D eigenvalue weighted by Crippen LogP contribution is 2.23. The average Bonchev–Trinajstić information content (AvgIpc) is 2.29. The fraction of sp³-hybridized carbons (Fsp3) is 0.300. The van der Waals surface area contributed by atoms with Crippen LogP contribution in [0.5, 0.6) is 0 Å². The molecule has 0 unspecified atom stereocenters. The maximum atomic E-state index is 12.8. The fourth-order valence-corrected chi connectivity index (χ4v) is 2.38. The van der Waals surface area contributed by atoms with Gasteiger partial charge in [-0.05, 0) is 18.2 Å². The van der Waals surface area contributed by atoms with E-state index in [2.05, 4.69) is 4.72 Å². The second kappa shape index (κ2) is 6.18. The van der Waals surface area contributed by atoms with Gasteiger partial charge in [0, 0.05) is 13.6 Å². The van der Waals surface area contributed by atoms with E-state index < -0.39 is 22.0 Å². The van der Waals surface area contributed by atoms with Gasteiger partial charge in [-0.2, -0.15) is 12.7 Å². The molecule has 0 atom stereocenters. The first-order chi connectivity index (χ1) is 8.72. The number of carbonyl (C=O) groups is 1. The van der Waals surface area contributed by atoms with Crippen molar-refractivity contribution in [2.45, 2.75) is 6.42 Å². The van der Waals surface area contributed by atoms with Crippen molar-refractivity contribution in [2.75, 3.05) is 18.3 Å². The molecule has 0 aromatic heterocycles. The molecule has 6 nitrogen and oxygen atoms in total. The number of anilines is 1. The van der Waals surface area contributed by atoms with Crippen LogP contribution in [0.2, 0.25) is 5.02 Å². The Morgan fingerprint density at radius 2 is 2.16 bits per heavy atom. The van der Waals surface area contributed by atoms with E-state index in [1.165, 1.54) is 13.1 Å². The summed E-state index contributed by atoms with van der Waals surface area (Å²) in [6.45, 7) is -0.191. The zero-order valence-electron chi connectivity index (χ0n) is 9.93. The van der Waals surface area contributed by atoms with Gasteiger partial charge >= 0.3 is 16.2 Å². The van der Waals surface area contributed by atoms with Crippen LogP contribution in [0.3, 0.4) is 0 Å². The van der Waals surface area contributed by atoms with Gasteiger partial charge < -0.3 is 5.11 Å². The van der Waals surface area contributed by atoms with E-state index in [9.17, 15) is 17.6 Å². The highest BCUT2D eigenvalue weighted by Gasteiger charge is 2.19. The Labute approximate surface area is 115 Å². The van der Waals surface area contributed by atoms with E-state index in [1.54, 1.807) is 0 Å². The Bertz CT molecular complexity index is 579. The molecule has 0 aliphatic carbocycles. The van der Waals surface area contributed by atoms with Crippen LogP contribution < -0.4 is 4.72 Å². The minimum absolute atomic E-state index is 0.0187. The summed E-state index contributed by atoms with van der Waals surface area (Å²) in [7, 11) is -2.71. The minimum atomic E-state index is -3.93. The highest BCUT2D eigenvalue weighted by molar-refractivity contribution is 7.90. The molecule has 0 amide bonds. The molecule has 1 aromatic rings. The van der Waals surface area contributed by atoms with E-state index in [0.29, 0.717) is 0 Å². The number of hydrogen-bond donors (Lipinski definition) is 2. The summed E-state index contributed by atoms with van der Waals surface area (Å²) in [4.78, 5) is 10.4. The van der Waals surface area contributed by atoms with E-state index in [4.69, 9.17) is 16.7 Å². The molecule has 9 heteroatoms. The summed E-state index contributed by atoms with van der Waals surface area (Å²) in [5.41, 5.74) is 0.0187. The van der Waals surface area contributed by atoms with Crippen LogP contribution >= 0.6 is 11.6 Å². The first kappa shape index (κ1) is 15.7. The van der Waals surface area contributed by atoms with E-state index >= 15 is 0 Å². The molecule has 1 aromatic carbocycles. The average molecular weight is 311 g/mol. The first-order valence-corrected chi connectivity index (χ1v) is 6.95. The molecule has 0 spiro atoms. The Morgan fingerprint density at radius 3 is 2.68 bits per heavy atom. The molecule has 0 fully saturated rings. The zero-order valence-corrected chi connectivity index (χ0v) is 11.5. The van der Waals surface area contributed by atoms with E-state index in [0.717, 1.165) is 16.4 Å². The summed E-state index contributed by atoms with van der Waals surface area (Å²) in [6.07, 6.45) is -0.325. The van der Waals surface area contributed by atoms with E-state index in [1.807, 2.05) is 0 Å². The topological polar surface area (TPSA) is 86.7 Å². The van der Waals surface area contributed by atoms with Crippen LogP contribution in [0.4, 0.5) is 10.1 Å². The summed E-state index contributed by atoms with van der Waals surface area (Å²) < 4.78 is 39.4. The molecule has 0 heterocycles. The lowest BCUT2D eigenvalue weighted by molar-refractivity contribution is -0.137. The Morgan fingerprint density at radius 1 is 1.53 bits per heavy atom. The van der Waals surface area contributed by atoms with Crippen molar-refractivity contribution >= 4 is 33.5 Å². The number of hydrogen-bond acceptors (Lipinski definition) is 3. The summed E-state index contributed by atoms with van der Waals surface area (Å²) >= 11 is 5.69. The van der Waals surface area contributed by atoms with Gasteiger partial charge in [0.05, 0.1) is 17.1 Å². The molecule has 1 rings (SSSR count). The van der Waals surface area contributed by atoms with Gasteiger partial charge in [0.1, 0.15) is 5.82 Å². The maximum Gasteiger partial charge on any atom is 0.304 e. The van der Waals surface area contributed by atoms with Crippen LogP contribution in [-0.4, -0.2) is 37.4 Å². The molecular weight excluding hydrogens is 299 g/mol. The molecular formula is C10H12ClFN2O4S. The summed E-state index contributed by atoms with van der Waals surface area (Å²) in [5.74, 6) is -1.70. The lowest BCUT2D eigenvalue weighted by Gasteiger charge is -2.18. The monoisotopic (exact) mass is 310 g/mol. The van der Waals surface area contributed by atoms with Gasteiger partial charge in [-0.15, -0.1) is 0 Å². The lowest BCUT2D eigenvalue weighted by Crippen LogP contribution is -2.34. The second-order valence-corrected chi connectivity index (χ2v) is 5.88. The van der Waals surface area contributed by atoms with Crippen molar-refractivity contribution in [3.8, 4) is 0 Å². The first-order valence-electron chi connectivity index (χ1n) is 5.13. The van der Waals surface area contributed by atoms with Crippen LogP contribution in [0, 0.1) is 5.82 Å². The van der Waals surface area contributed by atoms with Crippen LogP contribution in [0.1, 0.15) is 6.42 Å². The number of carboxylic acid groups (broad SMARTS) is 1. The molecule has 0 radical (unpaired) electrons. The van der Waals surface area contributed by atoms with Gasteiger partial charge in [-0.25, -0.2) is 4.39 Å². The molecule has 0 saturated carbocycles. The normalized spacial score (nSPS) is 11.6. The zero-order chi connectivity index (χ0) is 14.6. The number of halogens is 2. The van der Waals surface area contributed by atoms with Crippen molar-refractivity contribution in [3.63, 3.8) is 0 Å². The third kappa shape index (κ3) is 4.66.